The fourth-order valence-electron chi connectivity index (χ4n) is 1.39. The maximum atomic E-state index is 10.3. The Morgan fingerprint density at radius 2 is 2.20 bits per heavy atom. The first kappa shape index (κ1) is 13.0. The lowest BCUT2D eigenvalue weighted by Crippen LogP contribution is -2.35. The van der Waals surface area contributed by atoms with Gasteiger partial charge in [-0.3, -0.25) is 0 Å². The van der Waals surface area contributed by atoms with Crippen LogP contribution in [0.5, 0.6) is 0 Å². The molecule has 0 fully saturated rings. The Hall–Kier alpha value is -0.0900. The number of rotatable bonds is 3. The van der Waals surface area contributed by atoms with E-state index in [-0.39, 0.29) is 5.92 Å². The topological polar surface area (TPSA) is 46.2 Å². The van der Waals surface area contributed by atoms with Crippen molar-refractivity contribution in [1.82, 2.24) is 0 Å². The molecule has 2 atom stereocenters. The summed E-state index contributed by atoms with van der Waals surface area (Å²) in [4.78, 5) is 0. The van der Waals surface area contributed by atoms with Crippen LogP contribution in [-0.4, -0.2) is 11.7 Å². The molecule has 2 nitrogen and oxygen atoms in total. The summed E-state index contributed by atoms with van der Waals surface area (Å²) in [5.41, 5.74) is 5.28. The third-order valence-corrected chi connectivity index (χ3v) is 3.60. The van der Waals surface area contributed by atoms with Crippen LogP contribution >= 0.6 is 27.5 Å². The van der Waals surface area contributed by atoms with Crippen LogP contribution in [0.3, 0.4) is 0 Å². The summed E-state index contributed by atoms with van der Waals surface area (Å²) in [6.07, 6.45) is 0. The molecule has 0 bridgehead atoms. The molecule has 0 spiro atoms. The molecule has 1 rings (SSSR count). The van der Waals surface area contributed by atoms with Gasteiger partial charge in [-0.25, -0.2) is 0 Å². The van der Waals surface area contributed by atoms with Crippen LogP contribution in [0.15, 0.2) is 22.7 Å². The number of hydrogen-bond donors (Lipinski definition) is 2. The largest absolute Gasteiger partial charge is 0.385 e. The van der Waals surface area contributed by atoms with E-state index in [1.807, 2.05) is 19.1 Å². The molecule has 0 saturated heterocycles. The quantitative estimate of drug-likeness (QED) is 0.900. The molecule has 3 N–H and O–H groups in total. The summed E-state index contributed by atoms with van der Waals surface area (Å²) in [5.74, 6) is -0.0452. The van der Waals surface area contributed by atoms with Gasteiger partial charge in [-0.15, -0.1) is 0 Å². The van der Waals surface area contributed by atoms with Crippen LogP contribution in [-0.2, 0) is 5.60 Å². The predicted molar refractivity (Wildman–Crippen MR) is 66.9 cm³/mol. The fraction of sp³-hybridized carbons (Fsp3) is 0.455. The van der Waals surface area contributed by atoms with Crippen LogP contribution in [0.1, 0.15) is 19.4 Å². The summed E-state index contributed by atoms with van der Waals surface area (Å²) in [6, 6.07) is 5.45. The van der Waals surface area contributed by atoms with Gasteiger partial charge in [0.15, 0.2) is 0 Å². The van der Waals surface area contributed by atoms with Crippen molar-refractivity contribution in [3.8, 4) is 0 Å². The average molecular weight is 293 g/mol. The van der Waals surface area contributed by atoms with Gasteiger partial charge in [0.2, 0.25) is 0 Å². The van der Waals surface area contributed by atoms with Gasteiger partial charge in [-0.05, 0) is 25.6 Å². The zero-order chi connectivity index (χ0) is 11.6. The lowest BCUT2D eigenvalue weighted by Gasteiger charge is -2.30. The maximum Gasteiger partial charge on any atom is 0.0920 e. The minimum atomic E-state index is -0.994. The molecule has 0 heterocycles. The normalized spacial score (nSPS) is 17.2. The van der Waals surface area contributed by atoms with Crippen molar-refractivity contribution in [2.24, 2.45) is 11.7 Å². The molecule has 15 heavy (non-hydrogen) atoms. The molecule has 1 aromatic rings. The molecule has 0 aliphatic carbocycles. The summed E-state index contributed by atoms with van der Waals surface area (Å²) in [6.45, 7) is 4.05. The minimum Gasteiger partial charge on any atom is -0.385 e. The standard InChI is InChI=1S/C11H15BrClNO/c1-7(6-14)11(2,15)9-4-3-8(12)5-10(9)13/h3-5,7,15H,6,14H2,1-2H3. The molecule has 0 aliphatic rings. The Bertz CT molecular complexity index is 354. The number of halogens is 2. The van der Waals surface area contributed by atoms with Gasteiger partial charge in [0.05, 0.1) is 5.60 Å². The van der Waals surface area contributed by atoms with Crippen molar-refractivity contribution in [3.63, 3.8) is 0 Å². The van der Waals surface area contributed by atoms with Crippen LogP contribution in [0, 0.1) is 5.92 Å². The molecule has 4 heteroatoms. The van der Waals surface area contributed by atoms with E-state index in [9.17, 15) is 5.11 Å². The first-order valence-electron chi connectivity index (χ1n) is 4.77. The van der Waals surface area contributed by atoms with Crippen molar-refractivity contribution in [2.75, 3.05) is 6.54 Å². The van der Waals surface area contributed by atoms with E-state index in [2.05, 4.69) is 15.9 Å². The zero-order valence-corrected chi connectivity index (χ0v) is 11.1. The molecule has 1 aromatic carbocycles. The van der Waals surface area contributed by atoms with Crippen LogP contribution in [0.25, 0.3) is 0 Å². The average Bonchev–Trinajstić information content (AvgIpc) is 2.15. The summed E-state index contributed by atoms with van der Waals surface area (Å²) in [7, 11) is 0. The Labute approximate surface area is 104 Å². The SMILES string of the molecule is CC(CN)C(C)(O)c1ccc(Br)cc1Cl. The molecule has 2 unspecified atom stereocenters. The second kappa shape index (κ2) is 4.83. The molecule has 0 saturated carbocycles. The van der Waals surface area contributed by atoms with Gasteiger partial charge < -0.3 is 10.8 Å². The van der Waals surface area contributed by atoms with Crippen LogP contribution in [0.2, 0.25) is 5.02 Å². The van der Waals surface area contributed by atoms with Gasteiger partial charge in [0, 0.05) is 21.0 Å². The van der Waals surface area contributed by atoms with Crippen molar-refractivity contribution >= 4 is 27.5 Å². The summed E-state index contributed by atoms with van der Waals surface area (Å²) in [5, 5.41) is 10.9. The van der Waals surface area contributed by atoms with E-state index in [1.165, 1.54) is 0 Å². The fourth-order valence-corrected chi connectivity index (χ4v) is 2.26. The highest BCUT2D eigenvalue weighted by Gasteiger charge is 2.31. The molecule has 0 amide bonds. The molecule has 0 radical (unpaired) electrons. The summed E-state index contributed by atoms with van der Waals surface area (Å²) >= 11 is 9.41. The third-order valence-electron chi connectivity index (χ3n) is 2.79. The van der Waals surface area contributed by atoms with E-state index in [0.717, 1.165) is 4.47 Å². The van der Waals surface area contributed by atoms with E-state index in [0.29, 0.717) is 17.1 Å². The van der Waals surface area contributed by atoms with Gasteiger partial charge in [-0.1, -0.05) is 40.5 Å². The third kappa shape index (κ3) is 2.72. The minimum absolute atomic E-state index is 0.0452. The van der Waals surface area contributed by atoms with Crippen molar-refractivity contribution in [3.05, 3.63) is 33.3 Å². The summed E-state index contributed by atoms with van der Waals surface area (Å²) < 4.78 is 0.896. The van der Waals surface area contributed by atoms with E-state index >= 15 is 0 Å². The second-order valence-corrected chi connectivity index (χ2v) is 5.23. The van der Waals surface area contributed by atoms with Gasteiger partial charge in [-0.2, -0.15) is 0 Å². The van der Waals surface area contributed by atoms with Gasteiger partial charge >= 0.3 is 0 Å². The molecule has 0 aliphatic heterocycles. The van der Waals surface area contributed by atoms with Gasteiger partial charge in [0.25, 0.3) is 0 Å². The van der Waals surface area contributed by atoms with E-state index in [1.54, 1.807) is 13.0 Å². The molecule has 0 aromatic heterocycles. The van der Waals surface area contributed by atoms with E-state index < -0.39 is 5.60 Å². The van der Waals surface area contributed by atoms with Crippen molar-refractivity contribution in [1.29, 1.82) is 0 Å². The lowest BCUT2D eigenvalue weighted by molar-refractivity contribution is 0.00529. The first-order chi connectivity index (χ1) is 6.89. The Morgan fingerprint density at radius 1 is 1.60 bits per heavy atom. The van der Waals surface area contributed by atoms with Crippen LogP contribution in [0.4, 0.5) is 0 Å². The predicted octanol–water partition coefficient (Wildman–Crippen LogP) is 2.90. The highest BCUT2D eigenvalue weighted by atomic mass is 79.9. The number of hydrogen-bond acceptors (Lipinski definition) is 2. The van der Waals surface area contributed by atoms with Crippen LogP contribution < -0.4 is 5.73 Å². The number of nitrogens with two attached hydrogens (primary N) is 1. The second-order valence-electron chi connectivity index (χ2n) is 3.91. The Kier molecular flexibility index (Phi) is 4.18. The zero-order valence-electron chi connectivity index (χ0n) is 8.80. The lowest BCUT2D eigenvalue weighted by atomic mass is 9.84. The Morgan fingerprint density at radius 3 is 2.67 bits per heavy atom. The molecule has 84 valence electrons. The Balaban J connectivity index is 3.15. The number of aliphatic hydroxyl groups is 1. The smallest absolute Gasteiger partial charge is 0.0920 e. The highest BCUT2D eigenvalue weighted by Crippen LogP contribution is 2.34. The monoisotopic (exact) mass is 291 g/mol. The van der Waals surface area contributed by atoms with Crippen molar-refractivity contribution < 1.29 is 5.11 Å². The molecular weight excluding hydrogens is 277 g/mol. The van der Waals surface area contributed by atoms with E-state index in [4.69, 9.17) is 17.3 Å². The van der Waals surface area contributed by atoms with Gasteiger partial charge in [0.1, 0.15) is 0 Å². The molecular formula is C11H15BrClNO. The first-order valence-corrected chi connectivity index (χ1v) is 5.94. The highest BCUT2D eigenvalue weighted by molar-refractivity contribution is 9.10. The van der Waals surface area contributed by atoms with Crippen molar-refractivity contribution in [2.45, 2.75) is 19.4 Å². The number of benzene rings is 1. The maximum absolute atomic E-state index is 10.3.